The molecule has 2 amide bonds. The Hall–Kier alpha value is -2.76. The van der Waals surface area contributed by atoms with E-state index in [2.05, 4.69) is 16.0 Å². The first-order valence-electron chi connectivity index (χ1n) is 6.99. The third-order valence-electron chi connectivity index (χ3n) is 3.19. The number of carbonyl (C=O) groups excluding carboxylic acids is 2. The first-order chi connectivity index (χ1) is 10.6. The highest BCUT2D eigenvalue weighted by atomic mass is 16.3. The second-order valence-corrected chi connectivity index (χ2v) is 4.78. The Morgan fingerprint density at radius 2 is 1.95 bits per heavy atom. The molecule has 2 rings (SSSR count). The number of hydrogen-bond donors (Lipinski definition) is 3. The average Bonchev–Trinajstić information content (AvgIpc) is 3.07. The van der Waals surface area contributed by atoms with E-state index in [0.29, 0.717) is 17.0 Å². The van der Waals surface area contributed by atoms with Crippen molar-refractivity contribution in [3.8, 4) is 0 Å². The van der Waals surface area contributed by atoms with Gasteiger partial charge in [-0.1, -0.05) is 12.1 Å². The smallest absolute Gasteiger partial charge is 0.253 e. The molecule has 6 heteroatoms. The molecular weight excluding hydrogens is 282 g/mol. The lowest BCUT2D eigenvalue weighted by Crippen LogP contribution is -2.32. The maximum atomic E-state index is 12.0. The molecule has 1 heterocycles. The molecule has 0 saturated heterocycles. The van der Waals surface area contributed by atoms with Crippen molar-refractivity contribution in [1.29, 1.82) is 0 Å². The Balaban J connectivity index is 1.93. The van der Waals surface area contributed by atoms with Gasteiger partial charge in [0.1, 0.15) is 5.76 Å². The molecule has 1 unspecified atom stereocenters. The average molecular weight is 301 g/mol. The van der Waals surface area contributed by atoms with Gasteiger partial charge in [-0.2, -0.15) is 0 Å². The summed E-state index contributed by atoms with van der Waals surface area (Å²) in [5.41, 5.74) is 1.11. The van der Waals surface area contributed by atoms with Crippen molar-refractivity contribution in [3.05, 3.63) is 54.0 Å². The van der Waals surface area contributed by atoms with Crippen LogP contribution in [0.25, 0.3) is 0 Å². The molecule has 0 saturated carbocycles. The molecule has 0 fully saturated rings. The van der Waals surface area contributed by atoms with Gasteiger partial charge in [-0.15, -0.1) is 0 Å². The van der Waals surface area contributed by atoms with Gasteiger partial charge in [-0.3, -0.25) is 9.59 Å². The molecule has 116 valence electrons. The Kier molecular flexibility index (Phi) is 5.19. The molecule has 22 heavy (non-hydrogen) atoms. The Morgan fingerprint density at radius 1 is 1.18 bits per heavy atom. The summed E-state index contributed by atoms with van der Waals surface area (Å²) < 4.78 is 5.24. The van der Waals surface area contributed by atoms with Crippen LogP contribution < -0.4 is 16.0 Å². The van der Waals surface area contributed by atoms with Crippen LogP contribution in [-0.4, -0.2) is 25.4 Å². The van der Waals surface area contributed by atoms with Crippen LogP contribution in [0.1, 0.15) is 29.1 Å². The van der Waals surface area contributed by atoms with Gasteiger partial charge in [-0.05, 0) is 31.2 Å². The number of para-hydroxylation sites is 1. The number of nitrogens with one attached hydrogen (secondary N) is 3. The van der Waals surface area contributed by atoms with E-state index in [1.165, 1.54) is 0 Å². The second-order valence-electron chi connectivity index (χ2n) is 4.78. The zero-order valence-electron chi connectivity index (χ0n) is 12.6. The zero-order valence-corrected chi connectivity index (χ0v) is 12.6. The van der Waals surface area contributed by atoms with Crippen LogP contribution in [0.5, 0.6) is 0 Å². The number of carbonyl (C=O) groups is 2. The molecule has 1 atom stereocenters. The maximum absolute atomic E-state index is 12.0. The van der Waals surface area contributed by atoms with Gasteiger partial charge in [0.05, 0.1) is 24.4 Å². The molecule has 0 aliphatic carbocycles. The molecule has 1 aromatic heterocycles. The van der Waals surface area contributed by atoms with Gasteiger partial charge in [0.25, 0.3) is 5.91 Å². The van der Waals surface area contributed by atoms with Crippen molar-refractivity contribution in [2.24, 2.45) is 0 Å². The van der Waals surface area contributed by atoms with Gasteiger partial charge >= 0.3 is 0 Å². The molecule has 0 radical (unpaired) electrons. The molecule has 0 aliphatic heterocycles. The molecule has 0 spiro atoms. The summed E-state index contributed by atoms with van der Waals surface area (Å²) in [7, 11) is 1.57. The molecule has 2 aromatic rings. The van der Waals surface area contributed by atoms with E-state index in [1.54, 1.807) is 49.7 Å². The fourth-order valence-electron chi connectivity index (χ4n) is 2.05. The number of rotatable bonds is 6. The summed E-state index contributed by atoms with van der Waals surface area (Å²) in [4.78, 5) is 23.7. The Morgan fingerprint density at radius 3 is 2.64 bits per heavy atom. The van der Waals surface area contributed by atoms with Crippen LogP contribution in [0.15, 0.2) is 47.1 Å². The second kappa shape index (κ2) is 7.31. The van der Waals surface area contributed by atoms with E-state index in [9.17, 15) is 9.59 Å². The molecule has 1 aromatic carbocycles. The van der Waals surface area contributed by atoms with Crippen LogP contribution in [0.2, 0.25) is 0 Å². The number of amides is 2. The molecule has 6 nitrogen and oxygen atoms in total. The minimum atomic E-state index is -0.210. The topological polar surface area (TPSA) is 83.4 Å². The van der Waals surface area contributed by atoms with E-state index in [0.717, 1.165) is 0 Å². The largest absolute Gasteiger partial charge is 0.467 e. The summed E-state index contributed by atoms with van der Waals surface area (Å²) in [6, 6.07) is 10.4. The summed E-state index contributed by atoms with van der Waals surface area (Å²) >= 11 is 0. The van der Waals surface area contributed by atoms with E-state index < -0.39 is 0 Å². The first kappa shape index (κ1) is 15.6. The van der Waals surface area contributed by atoms with Crippen LogP contribution in [0, 0.1) is 0 Å². The summed E-state index contributed by atoms with van der Waals surface area (Å²) in [6.07, 6.45) is 1.57. The quantitative estimate of drug-likeness (QED) is 0.761. The van der Waals surface area contributed by atoms with Crippen molar-refractivity contribution in [1.82, 2.24) is 10.6 Å². The Bertz CT molecular complexity index is 638. The predicted molar refractivity (Wildman–Crippen MR) is 83.6 cm³/mol. The van der Waals surface area contributed by atoms with Crippen molar-refractivity contribution in [3.63, 3.8) is 0 Å². The maximum Gasteiger partial charge on any atom is 0.253 e. The van der Waals surface area contributed by atoms with E-state index >= 15 is 0 Å². The minimum Gasteiger partial charge on any atom is -0.467 e. The van der Waals surface area contributed by atoms with Crippen molar-refractivity contribution < 1.29 is 14.0 Å². The number of anilines is 1. The summed E-state index contributed by atoms with van der Waals surface area (Å²) in [5.74, 6) is 0.308. The van der Waals surface area contributed by atoms with Crippen LogP contribution in [0.4, 0.5) is 5.69 Å². The van der Waals surface area contributed by atoms with Crippen LogP contribution in [0.3, 0.4) is 0 Å². The number of furan rings is 1. The fourth-order valence-corrected chi connectivity index (χ4v) is 2.05. The van der Waals surface area contributed by atoms with Crippen molar-refractivity contribution >= 4 is 17.5 Å². The van der Waals surface area contributed by atoms with Crippen LogP contribution in [-0.2, 0) is 4.79 Å². The van der Waals surface area contributed by atoms with Crippen molar-refractivity contribution in [2.75, 3.05) is 18.9 Å². The highest BCUT2D eigenvalue weighted by molar-refractivity contribution is 5.99. The van der Waals surface area contributed by atoms with Crippen molar-refractivity contribution in [2.45, 2.75) is 13.0 Å². The number of benzene rings is 1. The fraction of sp³-hybridized carbons (Fsp3) is 0.250. The molecular formula is C16H19N3O3. The molecule has 3 N–H and O–H groups in total. The van der Waals surface area contributed by atoms with Gasteiger partial charge in [0, 0.05) is 12.7 Å². The Labute approximate surface area is 128 Å². The molecule has 0 bridgehead atoms. The highest BCUT2D eigenvalue weighted by Crippen LogP contribution is 2.15. The van der Waals surface area contributed by atoms with Gasteiger partial charge in [0.2, 0.25) is 5.91 Å². The minimum absolute atomic E-state index is 0.0685. The SMILES string of the molecule is CNC(=O)c1ccccc1NCC(=O)NC(C)c1ccco1. The van der Waals surface area contributed by atoms with Gasteiger partial charge < -0.3 is 20.4 Å². The lowest BCUT2D eigenvalue weighted by Gasteiger charge is -2.14. The third-order valence-corrected chi connectivity index (χ3v) is 3.19. The zero-order chi connectivity index (χ0) is 15.9. The van der Waals surface area contributed by atoms with Gasteiger partial charge in [-0.25, -0.2) is 0 Å². The molecule has 0 aliphatic rings. The first-order valence-corrected chi connectivity index (χ1v) is 6.99. The summed E-state index contributed by atoms with van der Waals surface area (Å²) in [6.45, 7) is 1.91. The van der Waals surface area contributed by atoms with E-state index in [4.69, 9.17) is 4.42 Å². The standard InChI is InChI=1S/C16H19N3O3/c1-11(14-8-5-9-22-14)19-15(20)10-18-13-7-4-3-6-12(13)16(21)17-2/h3-9,11,18H,10H2,1-2H3,(H,17,21)(H,19,20). The lowest BCUT2D eigenvalue weighted by atomic mass is 10.1. The van der Waals surface area contributed by atoms with E-state index in [-0.39, 0.29) is 24.4 Å². The highest BCUT2D eigenvalue weighted by Gasteiger charge is 2.13. The van der Waals surface area contributed by atoms with Crippen LogP contribution >= 0.6 is 0 Å². The van der Waals surface area contributed by atoms with Gasteiger partial charge in [0.15, 0.2) is 0 Å². The number of hydrogen-bond acceptors (Lipinski definition) is 4. The normalized spacial score (nSPS) is 11.5. The monoisotopic (exact) mass is 301 g/mol. The summed E-state index contributed by atoms with van der Waals surface area (Å²) in [5, 5.41) is 8.36. The lowest BCUT2D eigenvalue weighted by molar-refractivity contribution is -0.120. The predicted octanol–water partition coefficient (Wildman–Crippen LogP) is 1.93. The van der Waals surface area contributed by atoms with E-state index in [1.807, 2.05) is 6.92 Å². The third kappa shape index (κ3) is 3.88.